The first kappa shape index (κ1) is 27.5. The molecule has 0 atom stereocenters. The van der Waals surface area contributed by atoms with Gasteiger partial charge in [-0.05, 0) is 74.8 Å². The molecule has 0 saturated heterocycles. The molecule has 0 spiro atoms. The van der Waals surface area contributed by atoms with Gasteiger partial charge in [-0.3, -0.25) is 0 Å². The second kappa shape index (κ2) is 11.0. The zero-order valence-electron chi connectivity index (χ0n) is 26.5. The van der Waals surface area contributed by atoms with E-state index in [0.29, 0.717) is 5.82 Å². The maximum atomic E-state index is 6.68. The Hall–Kier alpha value is -6.58. The lowest BCUT2D eigenvalue weighted by Crippen LogP contribution is -1.95. The molecule has 0 aliphatic rings. The highest BCUT2D eigenvalue weighted by Crippen LogP contribution is 2.43. The molecular weight excluding hydrogens is 597 g/mol. The Morgan fingerprint density at radius 1 is 0.388 bits per heavy atom. The molecule has 3 nitrogen and oxygen atoms in total. The Kier molecular flexibility index (Phi) is 6.18. The Bertz CT molecular complexity index is 2870. The summed E-state index contributed by atoms with van der Waals surface area (Å²) in [6.07, 6.45) is 0. The van der Waals surface area contributed by atoms with Gasteiger partial charge in [0.15, 0.2) is 5.82 Å². The summed E-state index contributed by atoms with van der Waals surface area (Å²) in [7, 11) is 0. The van der Waals surface area contributed by atoms with Crippen molar-refractivity contribution in [3.8, 4) is 44.9 Å². The van der Waals surface area contributed by atoms with Crippen LogP contribution in [0.4, 0.5) is 0 Å². The lowest BCUT2D eigenvalue weighted by atomic mass is 9.93. The number of benzene rings is 8. The van der Waals surface area contributed by atoms with Crippen molar-refractivity contribution in [1.29, 1.82) is 0 Å². The van der Waals surface area contributed by atoms with E-state index in [0.717, 1.165) is 71.6 Å². The van der Waals surface area contributed by atoms with Crippen LogP contribution in [0.2, 0.25) is 0 Å². The van der Waals surface area contributed by atoms with Crippen molar-refractivity contribution >= 4 is 54.4 Å². The van der Waals surface area contributed by atoms with Crippen LogP contribution in [0.3, 0.4) is 0 Å². The third-order valence-corrected chi connectivity index (χ3v) is 9.65. The summed E-state index contributed by atoms with van der Waals surface area (Å²) in [4.78, 5) is 10.2. The van der Waals surface area contributed by atoms with Crippen LogP contribution in [0.25, 0.3) is 99.3 Å². The molecule has 8 aromatic carbocycles. The summed E-state index contributed by atoms with van der Waals surface area (Å²) in [6, 6.07) is 59.7. The highest BCUT2D eigenvalue weighted by atomic mass is 16.3. The molecule has 0 unspecified atom stereocenters. The lowest BCUT2D eigenvalue weighted by molar-refractivity contribution is 0.673. The minimum Gasteiger partial charge on any atom is -0.455 e. The van der Waals surface area contributed by atoms with Gasteiger partial charge >= 0.3 is 0 Å². The number of para-hydroxylation sites is 1. The van der Waals surface area contributed by atoms with Crippen molar-refractivity contribution in [2.24, 2.45) is 0 Å². The molecule has 0 bridgehead atoms. The second-order valence-corrected chi connectivity index (χ2v) is 12.6. The van der Waals surface area contributed by atoms with Crippen LogP contribution in [0.15, 0.2) is 174 Å². The molecule has 0 aliphatic carbocycles. The Morgan fingerprint density at radius 2 is 1.06 bits per heavy atom. The topological polar surface area (TPSA) is 38.9 Å². The quantitative estimate of drug-likeness (QED) is 0.196. The minimum atomic E-state index is 0.691. The first-order chi connectivity index (χ1) is 24.3. The van der Waals surface area contributed by atoms with E-state index in [9.17, 15) is 0 Å². The van der Waals surface area contributed by atoms with E-state index < -0.39 is 0 Å². The molecule has 228 valence electrons. The fourth-order valence-electron chi connectivity index (χ4n) is 7.21. The Morgan fingerprint density at radius 3 is 1.92 bits per heavy atom. The molecule has 2 aromatic heterocycles. The van der Waals surface area contributed by atoms with Crippen LogP contribution < -0.4 is 0 Å². The zero-order valence-corrected chi connectivity index (χ0v) is 26.5. The normalized spacial score (nSPS) is 11.7. The van der Waals surface area contributed by atoms with Gasteiger partial charge in [0, 0.05) is 32.7 Å². The lowest BCUT2D eigenvalue weighted by Gasteiger charge is -2.10. The molecule has 0 aliphatic heterocycles. The van der Waals surface area contributed by atoms with Crippen LogP contribution in [0, 0.1) is 0 Å². The summed E-state index contributed by atoms with van der Waals surface area (Å²) in [5.74, 6) is 0.691. The van der Waals surface area contributed by atoms with Crippen LogP contribution >= 0.6 is 0 Å². The number of nitrogens with zero attached hydrogens (tertiary/aromatic N) is 2. The average Bonchev–Trinajstić information content (AvgIpc) is 3.57. The molecule has 0 fully saturated rings. The summed E-state index contributed by atoms with van der Waals surface area (Å²) in [5, 5.41) is 7.91. The average molecular weight is 625 g/mol. The van der Waals surface area contributed by atoms with Gasteiger partial charge in [-0.25, -0.2) is 9.97 Å². The first-order valence-corrected chi connectivity index (χ1v) is 16.6. The van der Waals surface area contributed by atoms with Gasteiger partial charge < -0.3 is 4.42 Å². The smallest absolute Gasteiger partial charge is 0.160 e. The molecular formula is C46H28N2O. The van der Waals surface area contributed by atoms with E-state index in [1.54, 1.807) is 0 Å². The van der Waals surface area contributed by atoms with Crippen molar-refractivity contribution in [2.45, 2.75) is 0 Å². The third-order valence-electron chi connectivity index (χ3n) is 9.65. The fraction of sp³-hybridized carbons (Fsp3) is 0. The third kappa shape index (κ3) is 4.59. The maximum Gasteiger partial charge on any atom is 0.160 e. The van der Waals surface area contributed by atoms with Gasteiger partial charge in [0.05, 0.1) is 11.2 Å². The van der Waals surface area contributed by atoms with Crippen molar-refractivity contribution in [2.75, 3.05) is 0 Å². The van der Waals surface area contributed by atoms with Gasteiger partial charge in [0.2, 0.25) is 0 Å². The summed E-state index contributed by atoms with van der Waals surface area (Å²) >= 11 is 0. The number of aromatic nitrogens is 2. The largest absolute Gasteiger partial charge is 0.455 e. The Balaban J connectivity index is 1.16. The van der Waals surface area contributed by atoms with Crippen LogP contribution in [-0.4, -0.2) is 9.97 Å². The molecule has 0 radical (unpaired) electrons. The van der Waals surface area contributed by atoms with E-state index in [4.69, 9.17) is 14.4 Å². The number of fused-ring (bicyclic) bond motifs is 7. The predicted molar refractivity (Wildman–Crippen MR) is 204 cm³/mol. The zero-order chi connectivity index (χ0) is 32.3. The van der Waals surface area contributed by atoms with Crippen molar-refractivity contribution in [3.05, 3.63) is 170 Å². The SMILES string of the molecule is c1ccc(-c2nc(-c3ccc4oc5c6ccccc6cc(-c6ccc(-c7ccc8ccccc8c7)cc6)c5c4c3)nc3ccccc23)cc1. The highest BCUT2D eigenvalue weighted by Gasteiger charge is 2.19. The molecule has 2 heterocycles. The number of furan rings is 1. The van der Waals surface area contributed by atoms with Crippen LogP contribution in [0.1, 0.15) is 0 Å². The van der Waals surface area contributed by atoms with Crippen molar-refractivity contribution < 1.29 is 4.42 Å². The van der Waals surface area contributed by atoms with Gasteiger partial charge in [0.25, 0.3) is 0 Å². The molecule has 0 amide bonds. The summed E-state index contributed by atoms with van der Waals surface area (Å²) in [6.45, 7) is 0. The maximum absolute atomic E-state index is 6.68. The van der Waals surface area contributed by atoms with E-state index in [1.807, 2.05) is 18.2 Å². The minimum absolute atomic E-state index is 0.691. The summed E-state index contributed by atoms with van der Waals surface area (Å²) < 4.78 is 6.68. The Labute approximate surface area is 282 Å². The predicted octanol–water partition coefficient (Wildman–Crippen LogP) is 12.5. The van der Waals surface area contributed by atoms with Crippen LogP contribution in [-0.2, 0) is 0 Å². The highest BCUT2D eigenvalue weighted by molar-refractivity contribution is 6.21. The second-order valence-electron chi connectivity index (χ2n) is 12.6. The van der Waals surface area contributed by atoms with Crippen molar-refractivity contribution in [1.82, 2.24) is 9.97 Å². The number of hydrogen-bond donors (Lipinski definition) is 0. The van der Waals surface area contributed by atoms with E-state index in [1.165, 1.54) is 21.9 Å². The van der Waals surface area contributed by atoms with E-state index in [-0.39, 0.29) is 0 Å². The molecule has 49 heavy (non-hydrogen) atoms. The van der Waals surface area contributed by atoms with Gasteiger partial charge in [-0.15, -0.1) is 0 Å². The van der Waals surface area contributed by atoms with E-state index >= 15 is 0 Å². The monoisotopic (exact) mass is 624 g/mol. The number of rotatable bonds is 4. The van der Waals surface area contributed by atoms with Crippen molar-refractivity contribution in [3.63, 3.8) is 0 Å². The molecule has 10 rings (SSSR count). The first-order valence-electron chi connectivity index (χ1n) is 16.6. The standard InChI is InChI=1S/C46H28N2O/c1-2-11-32(12-3-1)44-38-16-8-9-17-41(38)47-46(48-44)36-24-25-42-40(28-36)43-39(27-35-14-6-7-15-37(35)45(43)49-42)31-21-18-30(19-22-31)34-23-20-29-10-4-5-13-33(29)26-34/h1-28H. The van der Waals surface area contributed by atoms with Gasteiger partial charge in [0.1, 0.15) is 11.2 Å². The molecule has 3 heteroatoms. The summed E-state index contributed by atoms with van der Waals surface area (Å²) in [5.41, 5.74) is 10.3. The van der Waals surface area contributed by atoms with Gasteiger partial charge in [-0.1, -0.05) is 133 Å². The fourth-order valence-corrected chi connectivity index (χ4v) is 7.21. The van der Waals surface area contributed by atoms with E-state index in [2.05, 4.69) is 152 Å². The van der Waals surface area contributed by atoms with Gasteiger partial charge in [-0.2, -0.15) is 0 Å². The molecule has 0 N–H and O–H groups in total. The number of hydrogen-bond acceptors (Lipinski definition) is 3. The van der Waals surface area contributed by atoms with Crippen LogP contribution in [0.5, 0.6) is 0 Å². The molecule has 10 aromatic rings. The molecule has 0 saturated carbocycles.